The van der Waals surface area contributed by atoms with Gasteiger partial charge in [-0.2, -0.15) is 4.57 Å². The Bertz CT molecular complexity index is 766. The average molecular weight is 323 g/mol. The van der Waals surface area contributed by atoms with Crippen LogP contribution in [0.4, 0.5) is 5.69 Å². The number of ketones is 1. The minimum atomic E-state index is -0.287. The lowest BCUT2D eigenvalue weighted by Crippen LogP contribution is -2.44. The van der Waals surface area contributed by atoms with Crippen molar-refractivity contribution < 1.29 is 14.2 Å². The molecule has 4 nitrogen and oxygen atoms in total. The molecule has 0 saturated carbocycles. The van der Waals surface area contributed by atoms with Gasteiger partial charge in [-0.3, -0.25) is 9.59 Å². The molecule has 4 heteroatoms. The zero-order chi connectivity index (χ0) is 17.1. The average Bonchev–Trinajstić information content (AvgIpc) is 2.61. The summed E-state index contributed by atoms with van der Waals surface area (Å²) in [5, 5.41) is 2.92. The molecule has 0 bridgehead atoms. The van der Waals surface area contributed by atoms with E-state index in [1.165, 1.54) is 30.9 Å². The van der Waals surface area contributed by atoms with Crippen LogP contribution < -0.4 is 9.88 Å². The summed E-state index contributed by atoms with van der Waals surface area (Å²) in [5.41, 5.74) is 4.11. The Balaban J connectivity index is 1.71. The van der Waals surface area contributed by atoms with Crippen LogP contribution in [0.15, 0.2) is 42.7 Å². The number of carbonyl (C=O) groups is 2. The maximum Gasteiger partial charge on any atom is 0.293 e. The number of fused-ring (bicyclic) bond motifs is 1. The van der Waals surface area contributed by atoms with E-state index in [0.717, 1.165) is 12.8 Å². The fourth-order valence-electron chi connectivity index (χ4n) is 3.10. The summed E-state index contributed by atoms with van der Waals surface area (Å²) in [4.78, 5) is 23.8. The van der Waals surface area contributed by atoms with Crippen molar-refractivity contribution in [2.75, 3.05) is 5.32 Å². The lowest BCUT2D eigenvalue weighted by Gasteiger charge is -2.15. The van der Waals surface area contributed by atoms with Gasteiger partial charge in [-0.25, -0.2) is 0 Å². The minimum Gasteiger partial charge on any atom is -0.320 e. The second kappa shape index (κ2) is 6.95. The lowest BCUT2D eigenvalue weighted by atomic mass is 9.93. The molecular weight excluding hydrogens is 300 g/mol. The first kappa shape index (κ1) is 16.4. The number of anilines is 1. The summed E-state index contributed by atoms with van der Waals surface area (Å²) < 4.78 is 1.98. The van der Waals surface area contributed by atoms with Crippen molar-refractivity contribution >= 4 is 17.4 Å². The maximum absolute atomic E-state index is 12.5. The molecule has 3 rings (SSSR count). The largest absolute Gasteiger partial charge is 0.320 e. The van der Waals surface area contributed by atoms with Gasteiger partial charge in [0, 0.05) is 29.8 Å². The molecule has 0 radical (unpaired) electrons. The molecule has 0 aliphatic heterocycles. The molecule has 1 N–H and O–H groups in total. The molecule has 1 amide bonds. The monoisotopic (exact) mass is 323 g/mol. The van der Waals surface area contributed by atoms with Crippen molar-refractivity contribution in [3.63, 3.8) is 0 Å². The van der Waals surface area contributed by atoms with E-state index in [1.54, 1.807) is 24.3 Å². The van der Waals surface area contributed by atoms with E-state index in [-0.39, 0.29) is 17.7 Å². The SMILES string of the molecule is CC(=O)c1ccc(NC(=O)[C@H](C)[n+]2ccc3c(c2)CCCC3)cc1. The standard InChI is InChI=1S/C20H22N2O2/c1-14(22-12-11-17-5-3-4-6-18(17)13-22)20(24)21-19-9-7-16(8-10-19)15(2)23/h7-14H,3-6H2,1-2H3/p+1/t14-/m0/s1. The number of amides is 1. The maximum atomic E-state index is 12.5. The molecule has 0 saturated heterocycles. The molecule has 0 fully saturated rings. The van der Waals surface area contributed by atoms with Crippen LogP contribution in [0, 0.1) is 0 Å². The van der Waals surface area contributed by atoms with Gasteiger partial charge in [0.05, 0.1) is 0 Å². The third-order valence-electron chi connectivity index (χ3n) is 4.69. The van der Waals surface area contributed by atoms with Crippen molar-refractivity contribution in [2.45, 2.75) is 45.6 Å². The van der Waals surface area contributed by atoms with E-state index in [0.29, 0.717) is 11.3 Å². The quantitative estimate of drug-likeness (QED) is 0.693. The van der Waals surface area contributed by atoms with E-state index in [2.05, 4.69) is 17.6 Å². The smallest absolute Gasteiger partial charge is 0.293 e. The first-order valence-electron chi connectivity index (χ1n) is 8.49. The highest BCUT2D eigenvalue weighted by Gasteiger charge is 2.24. The Morgan fingerprint density at radius 3 is 2.38 bits per heavy atom. The van der Waals surface area contributed by atoms with Crippen molar-refractivity contribution in [1.29, 1.82) is 0 Å². The molecule has 0 unspecified atom stereocenters. The van der Waals surface area contributed by atoms with Crippen molar-refractivity contribution in [2.24, 2.45) is 0 Å². The van der Waals surface area contributed by atoms with Crippen LogP contribution >= 0.6 is 0 Å². The van der Waals surface area contributed by atoms with E-state index < -0.39 is 0 Å². The van der Waals surface area contributed by atoms with Crippen LogP contribution in [0.2, 0.25) is 0 Å². The number of aromatic nitrogens is 1. The molecule has 2 aromatic rings. The number of pyridine rings is 1. The number of hydrogen-bond acceptors (Lipinski definition) is 2. The van der Waals surface area contributed by atoms with E-state index >= 15 is 0 Å². The van der Waals surface area contributed by atoms with Gasteiger partial charge in [0.2, 0.25) is 6.04 Å². The van der Waals surface area contributed by atoms with Crippen molar-refractivity contribution in [3.8, 4) is 0 Å². The number of aryl methyl sites for hydroxylation is 2. The number of benzene rings is 1. The van der Waals surface area contributed by atoms with E-state index in [9.17, 15) is 9.59 Å². The van der Waals surface area contributed by atoms with Gasteiger partial charge in [-0.05, 0) is 62.4 Å². The van der Waals surface area contributed by atoms with Crippen molar-refractivity contribution in [3.05, 3.63) is 59.4 Å². The molecular formula is C20H23N2O2+. The summed E-state index contributed by atoms with van der Waals surface area (Å²) in [6.07, 6.45) is 8.81. The summed E-state index contributed by atoms with van der Waals surface area (Å²) in [6, 6.07) is 8.84. The molecule has 1 aliphatic rings. The van der Waals surface area contributed by atoms with Gasteiger partial charge in [0.25, 0.3) is 5.91 Å². The number of nitrogens with one attached hydrogen (secondary N) is 1. The molecule has 0 spiro atoms. The summed E-state index contributed by atoms with van der Waals surface area (Å²) in [7, 11) is 0. The van der Waals surface area contributed by atoms with Crippen LogP contribution in [-0.4, -0.2) is 11.7 Å². The number of rotatable bonds is 4. The highest BCUT2D eigenvalue weighted by Crippen LogP contribution is 2.19. The van der Waals surface area contributed by atoms with Crippen LogP contribution in [0.5, 0.6) is 0 Å². The fraction of sp³-hybridized carbons (Fsp3) is 0.350. The fourth-order valence-corrected chi connectivity index (χ4v) is 3.10. The van der Waals surface area contributed by atoms with Gasteiger partial charge in [0.1, 0.15) is 0 Å². The highest BCUT2D eigenvalue weighted by atomic mass is 16.2. The predicted molar refractivity (Wildman–Crippen MR) is 93.1 cm³/mol. The third-order valence-corrected chi connectivity index (χ3v) is 4.69. The Morgan fingerprint density at radius 1 is 1.04 bits per heavy atom. The molecule has 1 heterocycles. The van der Waals surface area contributed by atoms with Crippen LogP contribution in [0.25, 0.3) is 0 Å². The van der Waals surface area contributed by atoms with E-state index in [4.69, 9.17) is 0 Å². The number of Topliss-reactive ketones (excluding diaryl/α,β-unsaturated/α-hetero) is 1. The first-order valence-corrected chi connectivity index (χ1v) is 8.49. The lowest BCUT2D eigenvalue weighted by molar-refractivity contribution is -0.706. The normalized spacial score (nSPS) is 14.6. The van der Waals surface area contributed by atoms with Gasteiger partial charge >= 0.3 is 0 Å². The first-order chi connectivity index (χ1) is 11.5. The van der Waals surface area contributed by atoms with Gasteiger partial charge in [0.15, 0.2) is 18.2 Å². The molecule has 124 valence electrons. The Morgan fingerprint density at radius 2 is 1.71 bits per heavy atom. The second-order valence-electron chi connectivity index (χ2n) is 6.45. The molecule has 1 atom stereocenters. The van der Waals surface area contributed by atoms with Gasteiger partial charge in [-0.15, -0.1) is 0 Å². The van der Waals surface area contributed by atoms with Gasteiger partial charge < -0.3 is 5.32 Å². The summed E-state index contributed by atoms with van der Waals surface area (Å²) in [6.45, 7) is 3.43. The second-order valence-corrected chi connectivity index (χ2v) is 6.45. The summed E-state index contributed by atoms with van der Waals surface area (Å²) in [5.74, 6) is -0.0443. The zero-order valence-corrected chi connectivity index (χ0v) is 14.2. The third kappa shape index (κ3) is 3.53. The molecule has 1 aromatic carbocycles. The number of hydrogen-bond donors (Lipinski definition) is 1. The zero-order valence-electron chi connectivity index (χ0n) is 14.2. The Hall–Kier alpha value is -2.49. The Labute approximate surface area is 142 Å². The molecule has 24 heavy (non-hydrogen) atoms. The molecule has 1 aromatic heterocycles. The van der Waals surface area contributed by atoms with Crippen molar-refractivity contribution in [1.82, 2.24) is 0 Å². The number of nitrogens with zero attached hydrogens (tertiary/aromatic N) is 1. The van der Waals surface area contributed by atoms with Crippen LogP contribution in [0.1, 0.15) is 54.2 Å². The Kier molecular flexibility index (Phi) is 4.74. The highest BCUT2D eigenvalue weighted by molar-refractivity contribution is 5.96. The topological polar surface area (TPSA) is 50.1 Å². The van der Waals surface area contributed by atoms with Gasteiger partial charge in [-0.1, -0.05) is 0 Å². The van der Waals surface area contributed by atoms with Crippen LogP contribution in [-0.2, 0) is 17.6 Å². The van der Waals surface area contributed by atoms with Crippen LogP contribution in [0.3, 0.4) is 0 Å². The number of carbonyl (C=O) groups excluding carboxylic acids is 2. The predicted octanol–water partition coefficient (Wildman–Crippen LogP) is 3.26. The summed E-state index contributed by atoms with van der Waals surface area (Å²) >= 11 is 0. The van der Waals surface area contributed by atoms with E-state index in [1.807, 2.05) is 17.7 Å². The minimum absolute atomic E-state index is 0.0193. The molecule has 1 aliphatic carbocycles.